The summed E-state index contributed by atoms with van der Waals surface area (Å²) in [5.41, 5.74) is 0.516. The highest BCUT2D eigenvalue weighted by atomic mass is 16.5. The highest BCUT2D eigenvalue weighted by Crippen LogP contribution is 2.31. The lowest BCUT2D eigenvalue weighted by Crippen LogP contribution is -2.43. The smallest absolute Gasteiger partial charge is 0.0599 e. The van der Waals surface area contributed by atoms with E-state index in [1.165, 1.54) is 64.8 Å². The van der Waals surface area contributed by atoms with Gasteiger partial charge in [-0.1, -0.05) is 6.92 Å². The standard InChI is InChI=1S/C15H28N2O/c1-15(6-7-16-11-15)12-17-8-4-14(5-9-17)18-10-13-2-3-13/h13-14,16H,2-12H2,1H3. The van der Waals surface area contributed by atoms with Crippen LogP contribution in [0.4, 0.5) is 0 Å². The number of rotatable bonds is 5. The Bertz CT molecular complexity index is 264. The molecule has 1 atom stereocenters. The molecule has 3 fully saturated rings. The van der Waals surface area contributed by atoms with Gasteiger partial charge in [-0.3, -0.25) is 0 Å². The lowest BCUT2D eigenvalue weighted by molar-refractivity contribution is -0.00394. The molecule has 2 saturated heterocycles. The van der Waals surface area contributed by atoms with Crippen molar-refractivity contribution >= 4 is 0 Å². The highest BCUT2D eigenvalue weighted by molar-refractivity contribution is 4.88. The van der Waals surface area contributed by atoms with Gasteiger partial charge in [0.1, 0.15) is 0 Å². The fourth-order valence-corrected chi connectivity index (χ4v) is 3.33. The van der Waals surface area contributed by atoms with Crippen molar-refractivity contribution in [1.82, 2.24) is 10.2 Å². The van der Waals surface area contributed by atoms with Crippen molar-refractivity contribution in [2.24, 2.45) is 11.3 Å². The van der Waals surface area contributed by atoms with Gasteiger partial charge in [-0.2, -0.15) is 0 Å². The predicted molar refractivity (Wildman–Crippen MR) is 73.7 cm³/mol. The second kappa shape index (κ2) is 5.48. The maximum Gasteiger partial charge on any atom is 0.0599 e. The number of piperidine rings is 1. The van der Waals surface area contributed by atoms with Gasteiger partial charge >= 0.3 is 0 Å². The molecule has 104 valence electrons. The summed E-state index contributed by atoms with van der Waals surface area (Å²) in [7, 11) is 0. The van der Waals surface area contributed by atoms with Gasteiger partial charge in [0, 0.05) is 32.8 Å². The minimum absolute atomic E-state index is 0.516. The van der Waals surface area contributed by atoms with Crippen LogP contribution in [0.2, 0.25) is 0 Å². The van der Waals surface area contributed by atoms with Crippen LogP contribution < -0.4 is 5.32 Å². The minimum atomic E-state index is 0.516. The molecule has 1 saturated carbocycles. The molecule has 0 amide bonds. The third-order valence-electron chi connectivity index (χ3n) is 4.86. The van der Waals surface area contributed by atoms with Crippen LogP contribution >= 0.6 is 0 Å². The molecule has 1 unspecified atom stereocenters. The summed E-state index contributed by atoms with van der Waals surface area (Å²) in [5.74, 6) is 0.909. The van der Waals surface area contributed by atoms with E-state index in [1.54, 1.807) is 0 Å². The van der Waals surface area contributed by atoms with E-state index < -0.39 is 0 Å². The van der Waals surface area contributed by atoms with E-state index in [-0.39, 0.29) is 0 Å². The van der Waals surface area contributed by atoms with Crippen molar-refractivity contribution in [1.29, 1.82) is 0 Å². The summed E-state index contributed by atoms with van der Waals surface area (Å²) in [6.07, 6.45) is 7.20. The summed E-state index contributed by atoms with van der Waals surface area (Å²) < 4.78 is 6.01. The Morgan fingerprint density at radius 1 is 1.22 bits per heavy atom. The number of ether oxygens (including phenoxy) is 1. The first-order chi connectivity index (χ1) is 8.73. The Balaban J connectivity index is 1.36. The van der Waals surface area contributed by atoms with Crippen LogP contribution in [-0.4, -0.2) is 50.3 Å². The van der Waals surface area contributed by atoms with E-state index in [1.807, 2.05) is 0 Å². The van der Waals surface area contributed by atoms with Gasteiger partial charge < -0.3 is 15.0 Å². The average Bonchev–Trinajstić information content (AvgIpc) is 3.11. The predicted octanol–water partition coefficient (Wildman–Crippen LogP) is 1.88. The number of nitrogens with zero attached hydrogens (tertiary/aromatic N) is 1. The molecule has 1 aliphatic carbocycles. The molecule has 3 rings (SSSR count). The average molecular weight is 252 g/mol. The molecule has 0 bridgehead atoms. The van der Waals surface area contributed by atoms with Gasteiger partial charge in [0.25, 0.3) is 0 Å². The quantitative estimate of drug-likeness (QED) is 0.808. The Morgan fingerprint density at radius 3 is 2.61 bits per heavy atom. The van der Waals surface area contributed by atoms with Crippen molar-refractivity contribution < 1.29 is 4.74 Å². The molecule has 0 aromatic heterocycles. The molecule has 0 radical (unpaired) electrons. The SMILES string of the molecule is CC1(CN2CCC(OCC3CC3)CC2)CCNC1. The second-order valence-corrected chi connectivity index (χ2v) is 6.99. The van der Waals surface area contributed by atoms with E-state index >= 15 is 0 Å². The lowest BCUT2D eigenvalue weighted by atomic mass is 9.88. The maximum absolute atomic E-state index is 6.01. The van der Waals surface area contributed by atoms with E-state index in [9.17, 15) is 0 Å². The minimum Gasteiger partial charge on any atom is -0.378 e. The van der Waals surface area contributed by atoms with E-state index in [4.69, 9.17) is 4.74 Å². The van der Waals surface area contributed by atoms with Gasteiger partial charge in [-0.05, 0) is 50.0 Å². The third-order valence-corrected chi connectivity index (χ3v) is 4.86. The van der Waals surface area contributed by atoms with Crippen LogP contribution in [0.1, 0.15) is 39.0 Å². The molecule has 18 heavy (non-hydrogen) atoms. The first-order valence-corrected chi connectivity index (χ1v) is 7.78. The van der Waals surface area contributed by atoms with Crippen molar-refractivity contribution in [3.05, 3.63) is 0 Å². The van der Waals surface area contributed by atoms with Crippen LogP contribution in [0, 0.1) is 11.3 Å². The largest absolute Gasteiger partial charge is 0.378 e. The van der Waals surface area contributed by atoms with Crippen molar-refractivity contribution in [3.63, 3.8) is 0 Å². The normalized spacial score (nSPS) is 35.2. The summed E-state index contributed by atoms with van der Waals surface area (Å²) >= 11 is 0. The molecule has 3 heteroatoms. The van der Waals surface area contributed by atoms with Crippen LogP contribution in [0.25, 0.3) is 0 Å². The van der Waals surface area contributed by atoms with Crippen LogP contribution in [0.3, 0.4) is 0 Å². The number of likely N-dealkylation sites (tertiary alicyclic amines) is 1. The van der Waals surface area contributed by atoms with Gasteiger partial charge in [-0.15, -0.1) is 0 Å². The van der Waals surface area contributed by atoms with Crippen LogP contribution in [0.5, 0.6) is 0 Å². The van der Waals surface area contributed by atoms with Crippen molar-refractivity contribution in [3.8, 4) is 0 Å². The summed E-state index contributed by atoms with van der Waals surface area (Å²) in [6, 6.07) is 0. The first kappa shape index (κ1) is 12.9. The zero-order valence-corrected chi connectivity index (χ0v) is 11.8. The zero-order chi connectivity index (χ0) is 12.4. The number of nitrogens with one attached hydrogen (secondary N) is 1. The maximum atomic E-state index is 6.01. The molecule has 1 N–H and O–H groups in total. The number of hydrogen-bond acceptors (Lipinski definition) is 3. The molecule has 0 spiro atoms. The van der Waals surface area contributed by atoms with Crippen LogP contribution in [0.15, 0.2) is 0 Å². The molecule has 0 aromatic carbocycles. The van der Waals surface area contributed by atoms with Crippen molar-refractivity contribution in [2.75, 3.05) is 39.3 Å². The lowest BCUT2D eigenvalue weighted by Gasteiger charge is -2.37. The van der Waals surface area contributed by atoms with Crippen molar-refractivity contribution in [2.45, 2.75) is 45.1 Å². The van der Waals surface area contributed by atoms with Gasteiger partial charge in [-0.25, -0.2) is 0 Å². The van der Waals surface area contributed by atoms with E-state index in [2.05, 4.69) is 17.1 Å². The number of hydrogen-bond donors (Lipinski definition) is 1. The molecule has 0 aromatic rings. The Kier molecular flexibility index (Phi) is 3.92. The van der Waals surface area contributed by atoms with Crippen LogP contribution in [-0.2, 0) is 4.74 Å². The van der Waals surface area contributed by atoms with E-state index in [0.29, 0.717) is 11.5 Å². The molecule has 2 aliphatic heterocycles. The Labute approximate surface area is 111 Å². The summed E-state index contributed by atoms with van der Waals surface area (Å²) in [6.45, 7) is 9.63. The molecule has 3 aliphatic rings. The van der Waals surface area contributed by atoms with E-state index in [0.717, 1.165) is 12.5 Å². The fourth-order valence-electron chi connectivity index (χ4n) is 3.33. The van der Waals surface area contributed by atoms with Gasteiger partial charge in [0.05, 0.1) is 6.10 Å². The molecule has 3 nitrogen and oxygen atoms in total. The third kappa shape index (κ3) is 3.46. The Morgan fingerprint density at radius 2 is 2.00 bits per heavy atom. The molecule has 2 heterocycles. The fraction of sp³-hybridized carbons (Fsp3) is 1.00. The zero-order valence-electron chi connectivity index (χ0n) is 11.8. The first-order valence-electron chi connectivity index (χ1n) is 7.78. The summed E-state index contributed by atoms with van der Waals surface area (Å²) in [5, 5.41) is 3.50. The van der Waals surface area contributed by atoms with Gasteiger partial charge in [0.15, 0.2) is 0 Å². The molecular weight excluding hydrogens is 224 g/mol. The monoisotopic (exact) mass is 252 g/mol. The Hall–Kier alpha value is -0.120. The topological polar surface area (TPSA) is 24.5 Å². The van der Waals surface area contributed by atoms with Gasteiger partial charge in [0.2, 0.25) is 0 Å². The highest BCUT2D eigenvalue weighted by Gasteiger charge is 2.32. The summed E-state index contributed by atoms with van der Waals surface area (Å²) in [4.78, 5) is 2.66. The molecular formula is C15H28N2O. The second-order valence-electron chi connectivity index (χ2n) is 6.99.